The molecule has 26 heavy (non-hydrogen) atoms. The SMILES string of the molecule is Cl.NC(C(=O)NCc1ccc(COCC(F)(F)F)cc1)C1CCOCC1. The van der Waals surface area contributed by atoms with E-state index in [1.165, 1.54) is 0 Å². The Bertz CT molecular complexity index is 549. The van der Waals surface area contributed by atoms with Crippen LogP contribution in [0.3, 0.4) is 0 Å². The van der Waals surface area contributed by atoms with Crippen molar-refractivity contribution in [2.45, 2.75) is 38.2 Å². The van der Waals surface area contributed by atoms with Gasteiger partial charge in [-0.3, -0.25) is 4.79 Å². The summed E-state index contributed by atoms with van der Waals surface area (Å²) in [5, 5.41) is 2.79. The number of halogens is 4. The van der Waals surface area contributed by atoms with Crippen LogP contribution in [0.4, 0.5) is 13.2 Å². The van der Waals surface area contributed by atoms with Gasteiger partial charge in [-0.05, 0) is 29.9 Å². The number of rotatable bonds is 7. The number of carbonyl (C=O) groups is 1. The van der Waals surface area contributed by atoms with Gasteiger partial charge < -0.3 is 20.5 Å². The maximum Gasteiger partial charge on any atom is 0.411 e. The summed E-state index contributed by atoms with van der Waals surface area (Å²) >= 11 is 0. The molecule has 2 rings (SSSR count). The zero-order chi connectivity index (χ0) is 18.3. The minimum atomic E-state index is -4.33. The van der Waals surface area contributed by atoms with E-state index in [1.54, 1.807) is 24.3 Å². The van der Waals surface area contributed by atoms with Gasteiger partial charge in [-0.15, -0.1) is 12.4 Å². The minimum absolute atomic E-state index is 0. The first-order valence-corrected chi connectivity index (χ1v) is 8.18. The first kappa shape index (κ1) is 22.7. The number of benzene rings is 1. The molecule has 0 spiro atoms. The fourth-order valence-corrected chi connectivity index (χ4v) is 2.63. The summed E-state index contributed by atoms with van der Waals surface area (Å²) in [6.07, 6.45) is -2.77. The highest BCUT2D eigenvalue weighted by atomic mass is 35.5. The van der Waals surface area contributed by atoms with E-state index in [-0.39, 0.29) is 30.8 Å². The summed E-state index contributed by atoms with van der Waals surface area (Å²) in [4.78, 5) is 12.1. The average Bonchev–Trinajstić information content (AvgIpc) is 2.60. The molecule has 9 heteroatoms. The van der Waals surface area contributed by atoms with Crippen LogP contribution in [0.25, 0.3) is 0 Å². The number of nitrogens with one attached hydrogen (secondary N) is 1. The molecule has 1 aromatic rings. The predicted octanol–water partition coefficient (Wildman–Crippen LogP) is 2.56. The molecule has 1 saturated heterocycles. The van der Waals surface area contributed by atoms with Crippen molar-refractivity contribution in [2.75, 3.05) is 19.8 Å². The van der Waals surface area contributed by atoms with Gasteiger partial charge >= 0.3 is 6.18 Å². The Balaban J connectivity index is 0.00000338. The average molecular weight is 397 g/mol. The van der Waals surface area contributed by atoms with E-state index in [9.17, 15) is 18.0 Å². The Labute approximate surface area is 156 Å². The van der Waals surface area contributed by atoms with Gasteiger partial charge in [-0.25, -0.2) is 0 Å². The van der Waals surface area contributed by atoms with Crippen molar-refractivity contribution in [1.82, 2.24) is 5.32 Å². The maximum absolute atomic E-state index is 12.1. The number of amides is 1. The topological polar surface area (TPSA) is 73.6 Å². The standard InChI is InChI=1S/C17H23F3N2O3.ClH/c18-17(19,20)11-25-10-13-3-1-12(2-4-13)9-22-16(23)15(21)14-5-7-24-8-6-14;/h1-4,14-15H,5-11,21H2,(H,22,23);1H. The molecule has 0 aliphatic carbocycles. The Morgan fingerprint density at radius 2 is 1.81 bits per heavy atom. The number of ether oxygens (including phenoxy) is 2. The summed E-state index contributed by atoms with van der Waals surface area (Å²) in [7, 11) is 0. The van der Waals surface area contributed by atoms with Gasteiger partial charge in [-0.2, -0.15) is 13.2 Å². The van der Waals surface area contributed by atoms with Crippen molar-refractivity contribution in [3.63, 3.8) is 0 Å². The fraction of sp³-hybridized carbons (Fsp3) is 0.588. The predicted molar refractivity (Wildman–Crippen MR) is 92.8 cm³/mol. The molecular weight excluding hydrogens is 373 g/mol. The zero-order valence-corrected chi connectivity index (χ0v) is 15.1. The number of alkyl halides is 3. The molecule has 1 heterocycles. The lowest BCUT2D eigenvalue weighted by atomic mass is 9.92. The molecule has 0 saturated carbocycles. The van der Waals surface area contributed by atoms with E-state index in [0.29, 0.717) is 25.3 Å². The Kier molecular flexibility index (Phi) is 9.35. The zero-order valence-electron chi connectivity index (χ0n) is 14.3. The lowest BCUT2D eigenvalue weighted by Gasteiger charge is -2.26. The molecule has 0 radical (unpaired) electrons. The summed E-state index contributed by atoms with van der Waals surface area (Å²) < 4.78 is 45.9. The lowest BCUT2D eigenvalue weighted by Crippen LogP contribution is -2.46. The second-order valence-electron chi connectivity index (χ2n) is 6.12. The number of hydrogen-bond donors (Lipinski definition) is 2. The number of carbonyl (C=O) groups excluding carboxylic acids is 1. The van der Waals surface area contributed by atoms with Crippen molar-refractivity contribution in [2.24, 2.45) is 11.7 Å². The molecule has 0 bridgehead atoms. The summed E-state index contributed by atoms with van der Waals surface area (Å²) in [5.74, 6) is -0.0774. The molecule has 3 N–H and O–H groups in total. The van der Waals surface area contributed by atoms with E-state index >= 15 is 0 Å². The van der Waals surface area contributed by atoms with Crippen LogP contribution in [0.2, 0.25) is 0 Å². The first-order valence-electron chi connectivity index (χ1n) is 8.18. The molecule has 1 aliphatic rings. The summed E-state index contributed by atoms with van der Waals surface area (Å²) in [6, 6.07) is 6.28. The van der Waals surface area contributed by atoms with Gasteiger partial charge in [0.05, 0.1) is 12.6 Å². The fourth-order valence-electron chi connectivity index (χ4n) is 2.63. The third-order valence-electron chi connectivity index (χ3n) is 4.10. The monoisotopic (exact) mass is 396 g/mol. The number of nitrogens with two attached hydrogens (primary N) is 1. The van der Waals surface area contributed by atoms with E-state index in [1.807, 2.05) is 0 Å². The van der Waals surface area contributed by atoms with Crippen LogP contribution in [0, 0.1) is 5.92 Å². The normalized spacial score (nSPS) is 16.6. The molecule has 0 aromatic heterocycles. The molecule has 1 aliphatic heterocycles. The minimum Gasteiger partial charge on any atom is -0.381 e. The second-order valence-corrected chi connectivity index (χ2v) is 6.12. The largest absolute Gasteiger partial charge is 0.411 e. The molecule has 1 aromatic carbocycles. The van der Waals surface area contributed by atoms with E-state index in [0.717, 1.165) is 18.4 Å². The van der Waals surface area contributed by atoms with Crippen LogP contribution in [0.15, 0.2) is 24.3 Å². The summed E-state index contributed by atoms with van der Waals surface area (Å²) in [5.41, 5.74) is 7.47. The van der Waals surface area contributed by atoms with Crippen LogP contribution < -0.4 is 11.1 Å². The van der Waals surface area contributed by atoms with Crippen LogP contribution in [0.5, 0.6) is 0 Å². The van der Waals surface area contributed by atoms with Crippen LogP contribution in [0.1, 0.15) is 24.0 Å². The quantitative estimate of drug-likeness (QED) is 0.743. The highest BCUT2D eigenvalue weighted by Crippen LogP contribution is 2.18. The van der Waals surface area contributed by atoms with E-state index in [4.69, 9.17) is 10.5 Å². The van der Waals surface area contributed by atoms with Gasteiger partial charge in [0, 0.05) is 19.8 Å². The van der Waals surface area contributed by atoms with Crippen LogP contribution in [-0.4, -0.2) is 37.9 Å². The van der Waals surface area contributed by atoms with Crippen molar-refractivity contribution < 1.29 is 27.4 Å². The first-order chi connectivity index (χ1) is 11.8. The highest BCUT2D eigenvalue weighted by molar-refractivity contribution is 5.85. The molecule has 1 atom stereocenters. The second kappa shape index (κ2) is 10.7. The van der Waals surface area contributed by atoms with E-state index < -0.39 is 18.8 Å². The highest BCUT2D eigenvalue weighted by Gasteiger charge is 2.27. The van der Waals surface area contributed by atoms with Crippen molar-refractivity contribution in [3.05, 3.63) is 35.4 Å². The van der Waals surface area contributed by atoms with Crippen LogP contribution in [-0.2, 0) is 27.4 Å². The Morgan fingerprint density at radius 1 is 1.23 bits per heavy atom. The van der Waals surface area contributed by atoms with Crippen LogP contribution >= 0.6 is 12.4 Å². The molecule has 1 fully saturated rings. The molecular formula is C17H24ClF3N2O3. The number of hydrogen-bond acceptors (Lipinski definition) is 4. The Morgan fingerprint density at radius 3 is 2.38 bits per heavy atom. The molecule has 1 unspecified atom stereocenters. The molecule has 1 amide bonds. The third kappa shape index (κ3) is 7.90. The van der Waals surface area contributed by atoms with Gasteiger partial charge in [0.1, 0.15) is 6.61 Å². The lowest BCUT2D eigenvalue weighted by molar-refractivity contribution is -0.176. The smallest absolute Gasteiger partial charge is 0.381 e. The van der Waals surface area contributed by atoms with Crippen molar-refractivity contribution in [1.29, 1.82) is 0 Å². The van der Waals surface area contributed by atoms with Gasteiger partial charge in [0.15, 0.2) is 0 Å². The molecule has 5 nitrogen and oxygen atoms in total. The summed E-state index contributed by atoms with van der Waals surface area (Å²) in [6.45, 7) is 0.197. The van der Waals surface area contributed by atoms with Gasteiger partial charge in [0.25, 0.3) is 0 Å². The van der Waals surface area contributed by atoms with Gasteiger partial charge in [0.2, 0.25) is 5.91 Å². The van der Waals surface area contributed by atoms with Crippen molar-refractivity contribution in [3.8, 4) is 0 Å². The third-order valence-corrected chi connectivity index (χ3v) is 4.10. The Hall–Kier alpha value is -1.35. The van der Waals surface area contributed by atoms with E-state index in [2.05, 4.69) is 10.1 Å². The van der Waals surface area contributed by atoms with Crippen molar-refractivity contribution >= 4 is 18.3 Å². The maximum atomic E-state index is 12.1. The molecule has 148 valence electrons. The van der Waals surface area contributed by atoms with Gasteiger partial charge in [-0.1, -0.05) is 24.3 Å².